The van der Waals surface area contributed by atoms with Gasteiger partial charge < -0.3 is 33.3 Å². The van der Waals surface area contributed by atoms with Crippen LogP contribution in [0, 0.1) is 18.3 Å². The standard InChI is InChI=1S/C43H50F4N5O9P/c1-27(2)52(28(3)4)62(59-23-11-22-48)61-36-35(44)38(51-24-29(5)37(53)50-40(51)55)60-41(36,25-49-39(54)43(45,46)47)26-58-42(30-12-9-8-10-13-30,31-14-18-33(56-6)19-15-31)32-16-20-34(57-7)21-17-32/h8-10,12-21,24,27-28,35-36,38H,11,23,25-26H2,1-7H3,(H,49,54)(H,50,53,55)/t35-,36+,38-,41-,62?/m1/s1. The Hall–Kier alpha value is -5.15. The number of nitrogens with one attached hydrogen (secondary N) is 2. The molecule has 0 saturated carbocycles. The topological polar surface area (TPSA) is 166 Å². The molecule has 0 aliphatic carbocycles. The Labute approximate surface area is 357 Å². The first kappa shape index (κ1) is 47.9. The molecule has 0 bridgehead atoms. The quantitative estimate of drug-likeness (QED) is 0.0440. The zero-order valence-corrected chi connectivity index (χ0v) is 36.2. The first-order chi connectivity index (χ1) is 29.4. The number of aryl methyl sites for hydroxylation is 1. The molecule has 3 aromatic carbocycles. The summed E-state index contributed by atoms with van der Waals surface area (Å²) in [6, 6.07) is 23.9. The molecule has 62 heavy (non-hydrogen) atoms. The van der Waals surface area contributed by atoms with Crippen molar-refractivity contribution in [3.63, 3.8) is 0 Å². The van der Waals surface area contributed by atoms with Crippen LogP contribution in [0.15, 0.2) is 94.6 Å². The number of amides is 1. The lowest BCUT2D eigenvalue weighted by molar-refractivity contribution is -0.180. The van der Waals surface area contributed by atoms with Gasteiger partial charge in [-0.3, -0.25) is 19.1 Å². The number of alkyl halides is 4. The molecule has 5 atom stereocenters. The number of hydrogen-bond acceptors (Lipinski definition) is 11. The van der Waals surface area contributed by atoms with Crippen molar-refractivity contribution >= 4 is 14.4 Å². The number of rotatable bonds is 19. The van der Waals surface area contributed by atoms with Gasteiger partial charge in [-0.05, 0) is 75.6 Å². The van der Waals surface area contributed by atoms with Crippen molar-refractivity contribution in [1.29, 1.82) is 5.26 Å². The number of nitriles is 1. The van der Waals surface area contributed by atoms with E-state index in [-0.39, 0.29) is 30.7 Å². The Kier molecular flexibility index (Phi) is 15.7. The number of ether oxygens (including phenoxy) is 4. The van der Waals surface area contributed by atoms with Crippen LogP contribution in [-0.4, -0.2) is 90.2 Å². The van der Waals surface area contributed by atoms with E-state index in [0.29, 0.717) is 28.2 Å². The van der Waals surface area contributed by atoms with Gasteiger partial charge in [0.15, 0.2) is 12.4 Å². The first-order valence-corrected chi connectivity index (χ1v) is 20.8. The van der Waals surface area contributed by atoms with Crippen LogP contribution in [-0.2, 0) is 28.9 Å². The number of carbonyl (C=O) groups excluding carboxylic acids is 1. The number of aromatic nitrogens is 2. The van der Waals surface area contributed by atoms with Crippen molar-refractivity contribution in [2.75, 3.05) is 34.0 Å². The fraction of sp³-hybridized carbons (Fsp3) is 0.442. The van der Waals surface area contributed by atoms with Crippen LogP contribution >= 0.6 is 8.53 Å². The summed E-state index contributed by atoms with van der Waals surface area (Å²) in [5, 5.41) is 11.2. The summed E-state index contributed by atoms with van der Waals surface area (Å²) in [6.07, 6.45) is -10.7. The molecule has 334 valence electrons. The molecule has 0 spiro atoms. The molecular weight excluding hydrogens is 837 g/mol. The second-order valence-electron chi connectivity index (χ2n) is 15.0. The van der Waals surface area contributed by atoms with Crippen molar-refractivity contribution in [2.45, 2.75) is 89.0 Å². The van der Waals surface area contributed by atoms with E-state index in [1.165, 1.54) is 21.1 Å². The van der Waals surface area contributed by atoms with Gasteiger partial charge in [-0.15, -0.1) is 0 Å². The van der Waals surface area contributed by atoms with Crippen molar-refractivity contribution in [3.05, 3.63) is 128 Å². The molecule has 1 aromatic heterocycles. The highest BCUT2D eigenvalue weighted by atomic mass is 31.2. The Morgan fingerprint density at radius 3 is 2.00 bits per heavy atom. The van der Waals surface area contributed by atoms with Crippen LogP contribution in [0.4, 0.5) is 17.6 Å². The van der Waals surface area contributed by atoms with E-state index in [1.807, 2.05) is 39.1 Å². The predicted molar refractivity (Wildman–Crippen MR) is 221 cm³/mol. The summed E-state index contributed by atoms with van der Waals surface area (Å²) in [7, 11) is 0.638. The number of H-pyrrole nitrogens is 1. The smallest absolute Gasteiger partial charge is 0.471 e. The largest absolute Gasteiger partial charge is 0.497 e. The van der Waals surface area contributed by atoms with E-state index in [1.54, 1.807) is 83.5 Å². The zero-order valence-electron chi connectivity index (χ0n) is 35.3. The molecule has 5 rings (SSSR count). The molecule has 1 amide bonds. The Balaban J connectivity index is 1.80. The van der Waals surface area contributed by atoms with Crippen LogP contribution in [0.5, 0.6) is 11.5 Å². The van der Waals surface area contributed by atoms with Crippen molar-refractivity contribution in [1.82, 2.24) is 19.5 Å². The van der Waals surface area contributed by atoms with Gasteiger partial charge in [0, 0.05) is 23.8 Å². The molecule has 4 aromatic rings. The van der Waals surface area contributed by atoms with Gasteiger partial charge in [-0.2, -0.15) is 18.4 Å². The fourth-order valence-corrected chi connectivity index (χ4v) is 9.10. The van der Waals surface area contributed by atoms with Crippen LogP contribution in [0.2, 0.25) is 0 Å². The molecule has 19 heteroatoms. The third-order valence-corrected chi connectivity index (χ3v) is 12.3. The summed E-state index contributed by atoms with van der Waals surface area (Å²) in [6.45, 7) is 6.65. The number of methoxy groups -OCH3 is 2. The summed E-state index contributed by atoms with van der Waals surface area (Å²) >= 11 is 0. The van der Waals surface area contributed by atoms with E-state index in [4.69, 9.17) is 28.0 Å². The lowest BCUT2D eigenvalue weighted by Crippen LogP contribution is -2.57. The van der Waals surface area contributed by atoms with Crippen LogP contribution < -0.4 is 26.0 Å². The first-order valence-electron chi connectivity index (χ1n) is 19.6. The highest BCUT2D eigenvalue weighted by Gasteiger charge is 2.61. The van der Waals surface area contributed by atoms with Crippen LogP contribution in [0.25, 0.3) is 0 Å². The van der Waals surface area contributed by atoms with E-state index in [2.05, 4.69) is 4.98 Å². The van der Waals surface area contributed by atoms with Crippen molar-refractivity contribution in [2.24, 2.45) is 0 Å². The minimum absolute atomic E-state index is 0.00743. The van der Waals surface area contributed by atoms with Gasteiger partial charge in [0.25, 0.3) is 14.1 Å². The van der Waals surface area contributed by atoms with Gasteiger partial charge in [0.1, 0.15) is 28.8 Å². The number of hydrogen-bond donors (Lipinski definition) is 2. The average molecular weight is 888 g/mol. The number of nitrogens with zero attached hydrogens (tertiary/aromatic N) is 3. The zero-order chi connectivity index (χ0) is 45.4. The predicted octanol–water partition coefficient (Wildman–Crippen LogP) is 6.82. The molecule has 1 aliphatic heterocycles. The maximum atomic E-state index is 17.7. The SMILES string of the molecule is COc1ccc(C(OC[C@@]2(CNC(=O)C(F)(F)F)O[C@@H](n3cc(C)c(=O)[nH]c3=O)[C@H](F)[C@@H]2OP(OCCC#N)N(C(C)C)C(C)C)(c2ccccc2)c2ccc(OC)cc2)cc1. The van der Waals surface area contributed by atoms with Gasteiger partial charge >= 0.3 is 17.8 Å². The van der Waals surface area contributed by atoms with E-state index in [9.17, 15) is 32.8 Å². The molecule has 2 N–H and O–H groups in total. The van der Waals surface area contributed by atoms with Crippen molar-refractivity contribution < 1.29 is 50.4 Å². The lowest BCUT2D eigenvalue weighted by Gasteiger charge is -2.43. The third kappa shape index (κ3) is 10.4. The molecule has 0 radical (unpaired) electrons. The van der Waals surface area contributed by atoms with Gasteiger partial charge in [-0.1, -0.05) is 54.6 Å². The Morgan fingerprint density at radius 2 is 1.50 bits per heavy atom. The normalized spacial score (nSPS) is 19.7. The minimum atomic E-state index is -5.38. The number of halogens is 4. The highest BCUT2D eigenvalue weighted by Crippen LogP contribution is 2.54. The van der Waals surface area contributed by atoms with Crippen LogP contribution in [0.1, 0.15) is 62.6 Å². The highest BCUT2D eigenvalue weighted by molar-refractivity contribution is 7.44. The minimum Gasteiger partial charge on any atom is -0.497 e. The molecule has 1 unspecified atom stereocenters. The lowest BCUT2D eigenvalue weighted by atomic mass is 9.79. The maximum absolute atomic E-state index is 17.7. The molecule has 1 aliphatic rings. The van der Waals surface area contributed by atoms with Crippen LogP contribution in [0.3, 0.4) is 0 Å². The Bertz CT molecular complexity index is 2220. The molecule has 1 fully saturated rings. The summed E-state index contributed by atoms with van der Waals surface area (Å²) in [4.78, 5) is 40.6. The fourth-order valence-electron chi connectivity index (χ4n) is 7.29. The maximum Gasteiger partial charge on any atom is 0.471 e. The van der Waals surface area contributed by atoms with E-state index in [0.717, 1.165) is 10.8 Å². The molecule has 14 nitrogen and oxygen atoms in total. The van der Waals surface area contributed by atoms with Gasteiger partial charge in [0.2, 0.25) is 0 Å². The molecule has 1 saturated heterocycles. The second-order valence-corrected chi connectivity index (χ2v) is 16.4. The van der Waals surface area contributed by atoms with Gasteiger partial charge in [-0.25, -0.2) is 13.9 Å². The summed E-state index contributed by atoms with van der Waals surface area (Å²) in [5.74, 6) is -1.37. The molecule has 2 heterocycles. The summed E-state index contributed by atoms with van der Waals surface area (Å²) in [5.41, 5.74) is -4.39. The Morgan fingerprint density at radius 1 is 0.952 bits per heavy atom. The van der Waals surface area contributed by atoms with Crippen molar-refractivity contribution in [3.8, 4) is 17.6 Å². The van der Waals surface area contributed by atoms with E-state index >= 15 is 4.39 Å². The number of aromatic amines is 1. The van der Waals surface area contributed by atoms with Gasteiger partial charge in [0.05, 0.1) is 46.5 Å². The number of benzene rings is 3. The monoisotopic (exact) mass is 887 g/mol. The second kappa shape index (κ2) is 20.4. The average Bonchev–Trinajstić information content (AvgIpc) is 3.51. The number of carbonyl (C=O) groups is 1. The van der Waals surface area contributed by atoms with E-state index < -0.39 is 74.7 Å². The third-order valence-electron chi connectivity index (χ3n) is 10.2. The summed E-state index contributed by atoms with van der Waals surface area (Å²) < 4.78 is 99.4. The molecular formula is C43H50F4N5O9P.